The van der Waals surface area contributed by atoms with Crippen molar-refractivity contribution in [1.82, 2.24) is 0 Å². The molecular weight excluding hydrogens is 270 g/mol. The smallest absolute Gasteiger partial charge is 0.161 e. The normalized spacial score (nSPS) is 19.5. The number of unbranched alkanes of at least 4 members (excludes halogenated alkanes) is 4. The molecule has 1 aliphatic carbocycles. The number of nitriles is 1. The number of ketones is 1. The van der Waals surface area contributed by atoms with Crippen LogP contribution >= 0.6 is 0 Å². The van der Waals surface area contributed by atoms with E-state index in [1.165, 1.54) is 32.1 Å². The van der Waals surface area contributed by atoms with Crippen LogP contribution in [0.2, 0.25) is 0 Å². The van der Waals surface area contributed by atoms with Crippen molar-refractivity contribution in [3.8, 4) is 6.07 Å². The molecule has 0 radical (unpaired) electrons. The predicted molar refractivity (Wildman–Crippen MR) is 90.2 cm³/mol. The van der Waals surface area contributed by atoms with Crippen LogP contribution in [0.25, 0.3) is 6.08 Å². The molecule has 0 amide bonds. The van der Waals surface area contributed by atoms with Crippen molar-refractivity contribution in [3.05, 3.63) is 41.0 Å². The van der Waals surface area contributed by atoms with Gasteiger partial charge in [-0.3, -0.25) is 4.79 Å². The fraction of sp³-hybridized carbons (Fsp3) is 0.500. The molecule has 1 aromatic rings. The summed E-state index contributed by atoms with van der Waals surface area (Å²) in [6.07, 6.45) is 11.3. The van der Waals surface area contributed by atoms with Gasteiger partial charge in [0, 0.05) is 5.92 Å². The van der Waals surface area contributed by atoms with E-state index in [-0.39, 0.29) is 5.92 Å². The van der Waals surface area contributed by atoms with E-state index in [0.29, 0.717) is 11.3 Å². The molecule has 0 N–H and O–H groups in total. The highest BCUT2D eigenvalue weighted by molar-refractivity contribution is 6.03. The molecule has 0 bridgehead atoms. The quantitative estimate of drug-likeness (QED) is 0.507. The van der Waals surface area contributed by atoms with Gasteiger partial charge in [0.25, 0.3) is 0 Å². The van der Waals surface area contributed by atoms with Crippen LogP contribution in [0.5, 0.6) is 0 Å². The van der Waals surface area contributed by atoms with E-state index in [0.717, 1.165) is 30.4 Å². The van der Waals surface area contributed by atoms with E-state index < -0.39 is 0 Å². The standard InChI is InChI=1S/C20H25NO/c1-2-3-4-5-6-7-18-12-13-19(20(18)22)14-16-8-10-17(15-21)11-9-16/h8-11,14,18H,2-7,12-13H2,1H3/b19-14+. The van der Waals surface area contributed by atoms with Crippen molar-refractivity contribution in [1.29, 1.82) is 5.26 Å². The molecule has 2 heteroatoms. The monoisotopic (exact) mass is 295 g/mol. The highest BCUT2D eigenvalue weighted by Gasteiger charge is 2.28. The predicted octanol–water partition coefficient (Wildman–Crippen LogP) is 5.28. The second-order valence-electron chi connectivity index (χ2n) is 6.21. The lowest BCUT2D eigenvalue weighted by Crippen LogP contribution is -2.07. The van der Waals surface area contributed by atoms with Crippen LogP contribution in [-0.2, 0) is 4.79 Å². The van der Waals surface area contributed by atoms with Crippen LogP contribution < -0.4 is 0 Å². The van der Waals surface area contributed by atoms with Gasteiger partial charge in [0.1, 0.15) is 0 Å². The van der Waals surface area contributed by atoms with Gasteiger partial charge in [0.15, 0.2) is 5.78 Å². The lowest BCUT2D eigenvalue weighted by molar-refractivity contribution is -0.117. The lowest BCUT2D eigenvalue weighted by Gasteiger charge is -2.07. The van der Waals surface area contributed by atoms with Crippen LogP contribution in [0.1, 0.15) is 69.4 Å². The van der Waals surface area contributed by atoms with Gasteiger partial charge in [-0.25, -0.2) is 0 Å². The van der Waals surface area contributed by atoms with E-state index in [2.05, 4.69) is 13.0 Å². The minimum absolute atomic E-state index is 0.242. The number of carbonyl (C=O) groups is 1. The van der Waals surface area contributed by atoms with E-state index >= 15 is 0 Å². The highest BCUT2D eigenvalue weighted by Crippen LogP contribution is 2.32. The van der Waals surface area contributed by atoms with E-state index in [1.807, 2.05) is 18.2 Å². The first-order chi connectivity index (χ1) is 10.7. The number of carbonyl (C=O) groups excluding carboxylic acids is 1. The summed E-state index contributed by atoms with van der Waals surface area (Å²) in [5.74, 6) is 0.589. The summed E-state index contributed by atoms with van der Waals surface area (Å²) in [6, 6.07) is 9.55. The third-order valence-corrected chi connectivity index (χ3v) is 4.49. The zero-order valence-corrected chi connectivity index (χ0v) is 13.5. The molecule has 1 fully saturated rings. The molecule has 0 heterocycles. The number of benzene rings is 1. The summed E-state index contributed by atoms with van der Waals surface area (Å²) in [5, 5.41) is 8.81. The van der Waals surface area contributed by atoms with Crippen LogP contribution in [0.3, 0.4) is 0 Å². The SMILES string of the molecule is CCCCCCCC1CC/C(=C\c2ccc(C#N)cc2)C1=O. The van der Waals surface area contributed by atoms with Crippen molar-refractivity contribution in [3.63, 3.8) is 0 Å². The van der Waals surface area contributed by atoms with Gasteiger partial charge >= 0.3 is 0 Å². The molecule has 1 unspecified atom stereocenters. The first-order valence-corrected chi connectivity index (χ1v) is 8.49. The number of allylic oxidation sites excluding steroid dienone is 1. The molecule has 1 saturated carbocycles. The van der Waals surface area contributed by atoms with Gasteiger partial charge in [-0.2, -0.15) is 5.26 Å². The molecule has 0 aromatic heterocycles. The Labute approximate surface area is 133 Å². The summed E-state index contributed by atoms with van der Waals surface area (Å²) >= 11 is 0. The largest absolute Gasteiger partial charge is 0.294 e. The molecule has 2 nitrogen and oxygen atoms in total. The Balaban J connectivity index is 1.87. The summed E-state index contributed by atoms with van der Waals surface area (Å²) in [4.78, 5) is 12.4. The molecule has 116 valence electrons. The molecule has 0 aliphatic heterocycles. The van der Waals surface area contributed by atoms with Crippen LogP contribution in [0, 0.1) is 17.2 Å². The zero-order chi connectivity index (χ0) is 15.8. The molecule has 2 rings (SSSR count). The number of hydrogen-bond acceptors (Lipinski definition) is 2. The Bertz CT molecular complexity index is 562. The van der Waals surface area contributed by atoms with Crippen molar-refractivity contribution in [2.45, 2.75) is 58.3 Å². The van der Waals surface area contributed by atoms with Crippen molar-refractivity contribution >= 4 is 11.9 Å². The van der Waals surface area contributed by atoms with Gasteiger partial charge in [0.2, 0.25) is 0 Å². The van der Waals surface area contributed by atoms with Crippen molar-refractivity contribution in [2.75, 3.05) is 0 Å². The Morgan fingerprint density at radius 1 is 1.18 bits per heavy atom. The number of nitrogens with zero attached hydrogens (tertiary/aromatic N) is 1. The van der Waals surface area contributed by atoms with E-state index in [4.69, 9.17) is 5.26 Å². The summed E-state index contributed by atoms with van der Waals surface area (Å²) < 4.78 is 0. The Morgan fingerprint density at radius 3 is 2.59 bits per heavy atom. The molecule has 1 atom stereocenters. The first kappa shape index (κ1) is 16.5. The van der Waals surface area contributed by atoms with E-state index in [1.54, 1.807) is 12.1 Å². The minimum Gasteiger partial charge on any atom is -0.294 e. The zero-order valence-electron chi connectivity index (χ0n) is 13.5. The summed E-state index contributed by atoms with van der Waals surface area (Å²) in [6.45, 7) is 2.22. The maximum atomic E-state index is 12.4. The average molecular weight is 295 g/mol. The second kappa shape index (κ2) is 8.54. The van der Waals surface area contributed by atoms with Gasteiger partial charge in [-0.1, -0.05) is 51.2 Å². The summed E-state index contributed by atoms with van der Waals surface area (Å²) in [7, 11) is 0. The van der Waals surface area contributed by atoms with Gasteiger partial charge in [-0.15, -0.1) is 0 Å². The van der Waals surface area contributed by atoms with Crippen molar-refractivity contribution in [2.24, 2.45) is 5.92 Å². The molecule has 1 aliphatic rings. The first-order valence-electron chi connectivity index (χ1n) is 8.49. The Morgan fingerprint density at radius 2 is 1.91 bits per heavy atom. The third kappa shape index (κ3) is 4.56. The fourth-order valence-electron chi connectivity index (χ4n) is 3.11. The number of Topliss-reactive ketones (excluding diaryl/α,β-unsaturated/α-hetero) is 1. The minimum atomic E-state index is 0.242. The second-order valence-corrected chi connectivity index (χ2v) is 6.21. The van der Waals surface area contributed by atoms with Crippen LogP contribution in [0.15, 0.2) is 29.8 Å². The molecule has 1 aromatic carbocycles. The summed E-state index contributed by atoms with van der Waals surface area (Å²) in [5.41, 5.74) is 2.64. The molecule has 0 spiro atoms. The van der Waals surface area contributed by atoms with Gasteiger partial charge < -0.3 is 0 Å². The number of rotatable bonds is 7. The highest BCUT2D eigenvalue weighted by atomic mass is 16.1. The van der Waals surface area contributed by atoms with Gasteiger partial charge in [0.05, 0.1) is 11.6 Å². The van der Waals surface area contributed by atoms with Crippen LogP contribution in [-0.4, -0.2) is 5.78 Å². The Kier molecular flexibility index (Phi) is 6.40. The van der Waals surface area contributed by atoms with E-state index in [9.17, 15) is 4.79 Å². The van der Waals surface area contributed by atoms with Gasteiger partial charge in [-0.05, 0) is 48.6 Å². The Hall–Kier alpha value is -1.88. The van der Waals surface area contributed by atoms with Crippen LogP contribution in [0.4, 0.5) is 0 Å². The topological polar surface area (TPSA) is 40.9 Å². The maximum absolute atomic E-state index is 12.4. The van der Waals surface area contributed by atoms with Crippen molar-refractivity contribution < 1.29 is 4.79 Å². The molecule has 22 heavy (non-hydrogen) atoms. The third-order valence-electron chi connectivity index (χ3n) is 4.49. The average Bonchev–Trinajstić information content (AvgIpc) is 2.89. The maximum Gasteiger partial charge on any atom is 0.161 e. The number of hydrogen-bond donors (Lipinski definition) is 0. The fourth-order valence-corrected chi connectivity index (χ4v) is 3.11. The molecular formula is C20H25NO. The lowest BCUT2D eigenvalue weighted by atomic mass is 9.97. The molecule has 0 saturated heterocycles.